The van der Waals surface area contributed by atoms with Crippen LogP contribution in [0.25, 0.3) is 5.57 Å². The van der Waals surface area contributed by atoms with Gasteiger partial charge in [0.05, 0.1) is 33.0 Å². The Morgan fingerprint density at radius 2 is 1.80 bits per heavy atom. The summed E-state index contributed by atoms with van der Waals surface area (Å²) < 4.78 is 26.9. The van der Waals surface area contributed by atoms with E-state index < -0.39 is 5.97 Å². The van der Waals surface area contributed by atoms with E-state index in [4.69, 9.17) is 39.3 Å². The molecule has 9 heteroatoms. The molecule has 0 spiro atoms. The van der Waals surface area contributed by atoms with Crippen LogP contribution in [-0.4, -0.2) is 57.3 Å². The number of esters is 1. The largest absolute Gasteiger partial charge is 0.491 e. The highest BCUT2D eigenvalue weighted by molar-refractivity contribution is 5.78. The molecule has 0 unspecified atom stereocenters. The number of carbonyl (C=O) groups is 1. The van der Waals surface area contributed by atoms with Gasteiger partial charge in [-0.25, -0.2) is 0 Å². The second-order valence-corrected chi connectivity index (χ2v) is 5.97. The van der Waals surface area contributed by atoms with Crippen molar-refractivity contribution in [3.63, 3.8) is 0 Å². The predicted molar refractivity (Wildman–Crippen MR) is 104 cm³/mol. The number of benzene rings is 1. The van der Waals surface area contributed by atoms with Crippen LogP contribution in [0.2, 0.25) is 0 Å². The second kappa shape index (κ2) is 12.2. The maximum absolute atomic E-state index is 11.2. The molecule has 2 rings (SSSR count). The molecule has 9 nitrogen and oxygen atoms in total. The van der Waals surface area contributed by atoms with Crippen molar-refractivity contribution in [1.29, 1.82) is 10.5 Å². The summed E-state index contributed by atoms with van der Waals surface area (Å²) in [6, 6.07) is 8.69. The molecule has 0 amide bonds. The van der Waals surface area contributed by atoms with Crippen molar-refractivity contribution in [2.24, 2.45) is 0 Å². The first-order valence-electron chi connectivity index (χ1n) is 9.19. The van der Waals surface area contributed by atoms with Gasteiger partial charge in [-0.2, -0.15) is 10.5 Å². The molecule has 0 atom stereocenters. The molecule has 1 aromatic carbocycles. The SMILES string of the molecule is CC(=O)OCC1=CC(=C(C#N)C#N)Oc2cc(OCCOCCOCCO)ccc21. The van der Waals surface area contributed by atoms with Crippen LogP contribution in [0.1, 0.15) is 12.5 Å². The van der Waals surface area contributed by atoms with E-state index in [2.05, 4.69) is 0 Å². The molecule has 0 saturated carbocycles. The van der Waals surface area contributed by atoms with E-state index in [1.165, 1.54) is 13.0 Å². The summed E-state index contributed by atoms with van der Waals surface area (Å²) in [7, 11) is 0. The van der Waals surface area contributed by atoms with E-state index in [1.54, 1.807) is 30.3 Å². The van der Waals surface area contributed by atoms with Gasteiger partial charge in [-0.05, 0) is 18.2 Å². The van der Waals surface area contributed by atoms with Gasteiger partial charge in [0.15, 0.2) is 11.3 Å². The molecule has 1 aliphatic heterocycles. The molecule has 0 radical (unpaired) electrons. The summed E-state index contributed by atoms with van der Waals surface area (Å²) in [5.41, 5.74) is 1.08. The number of aliphatic hydroxyl groups excluding tert-OH is 1. The van der Waals surface area contributed by atoms with E-state index in [1.807, 2.05) is 0 Å². The van der Waals surface area contributed by atoms with Gasteiger partial charge in [-0.1, -0.05) is 0 Å². The number of carbonyl (C=O) groups excluding carboxylic acids is 1. The molecular formula is C21H22N2O7. The monoisotopic (exact) mass is 414 g/mol. The van der Waals surface area contributed by atoms with Crippen molar-refractivity contribution in [3.05, 3.63) is 41.2 Å². The van der Waals surface area contributed by atoms with E-state index >= 15 is 0 Å². The zero-order valence-electron chi connectivity index (χ0n) is 16.6. The molecule has 0 aromatic heterocycles. The fourth-order valence-electron chi connectivity index (χ4n) is 2.49. The average molecular weight is 414 g/mol. The Labute approximate surface area is 174 Å². The summed E-state index contributed by atoms with van der Waals surface area (Å²) in [6.07, 6.45) is 1.51. The highest BCUT2D eigenvalue weighted by Crippen LogP contribution is 2.37. The first-order chi connectivity index (χ1) is 14.6. The Morgan fingerprint density at radius 3 is 2.47 bits per heavy atom. The summed E-state index contributed by atoms with van der Waals surface area (Å²) in [6.45, 7) is 2.94. The van der Waals surface area contributed by atoms with Crippen molar-refractivity contribution in [2.45, 2.75) is 6.92 Å². The maximum atomic E-state index is 11.2. The Hall–Kier alpha value is -3.37. The number of fused-ring (bicyclic) bond motifs is 1. The standard InChI is InChI=1S/C21H22N2O7/c1-15(25)29-14-16-10-20(17(12-22)13-23)30-21-11-18(2-3-19(16)21)28-9-8-27-7-6-26-5-4-24/h2-3,10-11,24H,4-9,14H2,1H3. The van der Waals surface area contributed by atoms with Gasteiger partial charge in [-0.15, -0.1) is 0 Å². The lowest BCUT2D eigenvalue weighted by molar-refractivity contribution is -0.139. The second-order valence-electron chi connectivity index (χ2n) is 5.97. The number of rotatable bonds is 11. The molecular weight excluding hydrogens is 392 g/mol. The molecule has 1 N–H and O–H groups in total. The third-order valence-electron chi connectivity index (χ3n) is 3.83. The third-order valence-corrected chi connectivity index (χ3v) is 3.83. The van der Waals surface area contributed by atoms with Crippen molar-refractivity contribution in [3.8, 4) is 23.6 Å². The van der Waals surface area contributed by atoms with Crippen LogP contribution in [-0.2, 0) is 19.0 Å². The summed E-state index contributed by atoms with van der Waals surface area (Å²) >= 11 is 0. The Morgan fingerprint density at radius 1 is 1.10 bits per heavy atom. The average Bonchev–Trinajstić information content (AvgIpc) is 2.74. The smallest absolute Gasteiger partial charge is 0.302 e. The predicted octanol–water partition coefficient (Wildman–Crippen LogP) is 1.73. The summed E-state index contributed by atoms with van der Waals surface area (Å²) in [4.78, 5) is 11.2. The normalized spacial score (nSPS) is 12.0. The number of hydrogen-bond donors (Lipinski definition) is 1. The summed E-state index contributed by atoms with van der Waals surface area (Å²) in [5, 5.41) is 26.9. The number of nitrogens with zero attached hydrogens (tertiary/aromatic N) is 2. The number of hydrogen-bond acceptors (Lipinski definition) is 9. The topological polar surface area (TPSA) is 131 Å². The number of allylic oxidation sites excluding steroid dienone is 2. The van der Waals surface area contributed by atoms with E-state index in [9.17, 15) is 4.79 Å². The molecule has 30 heavy (non-hydrogen) atoms. The lowest BCUT2D eigenvalue weighted by atomic mass is 10.0. The van der Waals surface area contributed by atoms with Gasteiger partial charge in [-0.3, -0.25) is 4.79 Å². The van der Waals surface area contributed by atoms with E-state index in [0.717, 1.165) is 0 Å². The van der Waals surface area contributed by atoms with Crippen LogP contribution in [0.15, 0.2) is 35.6 Å². The number of nitriles is 2. The zero-order valence-corrected chi connectivity index (χ0v) is 16.6. The highest BCUT2D eigenvalue weighted by atomic mass is 16.5. The Bertz CT molecular complexity index is 878. The van der Waals surface area contributed by atoms with E-state index in [-0.39, 0.29) is 31.2 Å². The maximum Gasteiger partial charge on any atom is 0.302 e. The summed E-state index contributed by atoms with van der Waals surface area (Å²) in [5.74, 6) is 0.529. The van der Waals surface area contributed by atoms with Gasteiger partial charge in [0, 0.05) is 24.1 Å². The zero-order chi connectivity index (χ0) is 21.8. The Balaban J connectivity index is 2.04. The van der Waals surface area contributed by atoms with Gasteiger partial charge >= 0.3 is 5.97 Å². The van der Waals surface area contributed by atoms with Crippen LogP contribution in [0.5, 0.6) is 11.5 Å². The molecule has 0 fully saturated rings. The van der Waals surface area contributed by atoms with Gasteiger partial charge < -0.3 is 28.8 Å². The van der Waals surface area contributed by atoms with E-state index in [0.29, 0.717) is 49.1 Å². The molecule has 0 bridgehead atoms. The van der Waals surface area contributed by atoms with Crippen LogP contribution >= 0.6 is 0 Å². The fraction of sp³-hybridized carbons (Fsp3) is 0.381. The minimum atomic E-state index is -0.447. The van der Waals surface area contributed by atoms with Crippen molar-refractivity contribution in [1.82, 2.24) is 0 Å². The van der Waals surface area contributed by atoms with Crippen LogP contribution in [0.3, 0.4) is 0 Å². The van der Waals surface area contributed by atoms with Gasteiger partial charge in [0.2, 0.25) is 0 Å². The van der Waals surface area contributed by atoms with Crippen LogP contribution in [0, 0.1) is 22.7 Å². The van der Waals surface area contributed by atoms with Gasteiger partial charge in [0.1, 0.15) is 36.9 Å². The lowest BCUT2D eigenvalue weighted by Gasteiger charge is -2.21. The molecule has 158 valence electrons. The molecule has 1 aliphatic rings. The molecule has 1 aromatic rings. The Kier molecular flexibility index (Phi) is 9.35. The molecule has 0 aliphatic carbocycles. The highest BCUT2D eigenvalue weighted by Gasteiger charge is 2.21. The number of ether oxygens (including phenoxy) is 5. The first kappa shape index (κ1) is 22.9. The molecule has 0 saturated heterocycles. The van der Waals surface area contributed by atoms with Crippen molar-refractivity contribution >= 4 is 11.5 Å². The minimum Gasteiger partial charge on any atom is -0.491 e. The van der Waals surface area contributed by atoms with Crippen molar-refractivity contribution in [2.75, 3.05) is 46.2 Å². The first-order valence-corrected chi connectivity index (χ1v) is 9.19. The lowest BCUT2D eigenvalue weighted by Crippen LogP contribution is -2.13. The quantitative estimate of drug-likeness (QED) is 0.327. The van der Waals surface area contributed by atoms with Crippen LogP contribution in [0.4, 0.5) is 0 Å². The fourth-order valence-corrected chi connectivity index (χ4v) is 2.49. The third kappa shape index (κ3) is 6.90. The van der Waals surface area contributed by atoms with Crippen LogP contribution < -0.4 is 9.47 Å². The number of aliphatic hydroxyl groups is 1. The van der Waals surface area contributed by atoms with Crippen molar-refractivity contribution < 1.29 is 33.6 Å². The molecule has 1 heterocycles. The van der Waals surface area contributed by atoms with Gasteiger partial charge in [0.25, 0.3) is 0 Å². The minimum absolute atomic E-state index is 0.0221.